The van der Waals surface area contributed by atoms with Crippen molar-refractivity contribution in [2.75, 3.05) is 17.7 Å². The fourth-order valence-electron chi connectivity index (χ4n) is 3.33. The molecule has 0 spiro atoms. The van der Waals surface area contributed by atoms with Crippen LogP contribution in [0.5, 0.6) is 5.75 Å². The van der Waals surface area contributed by atoms with Gasteiger partial charge in [0.2, 0.25) is 0 Å². The van der Waals surface area contributed by atoms with Gasteiger partial charge in [0, 0.05) is 23.1 Å². The summed E-state index contributed by atoms with van der Waals surface area (Å²) in [6.07, 6.45) is 1.71. The lowest BCUT2D eigenvalue weighted by atomic mass is 10.1. The number of hydrogen-bond donors (Lipinski definition) is 3. The number of anilines is 2. The summed E-state index contributed by atoms with van der Waals surface area (Å²) in [5.74, 6) is 0.350. The van der Waals surface area contributed by atoms with Crippen molar-refractivity contribution in [3.63, 3.8) is 0 Å². The number of benzene rings is 3. The molecule has 4 rings (SSSR count). The third-order valence-electron chi connectivity index (χ3n) is 5.01. The maximum absolute atomic E-state index is 13.2. The Hall–Kier alpha value is -4.59. The van der Waals surface area contributed by atoms with Crippen molar-refractivity contribution < 1.29 is 14.3 Å². The van der Waals surface area contributed by atoms with Crippen molar-refractivity contribution in [3.05, 3.63) is 90.1 Å². The fourth-order valence-corrected chi connectivity index (χ4v) is 3.33. The van der Waals surface area contributed by atoms with Crippen molar-refractivity contribution in [2.45, 2.75) is 6.92 Å². The highest BCUT2D eigenvalue weighted by molar-refractivity contribution is 6.08. The number of aryl methyl sites for hydroxylation is 1. The smallest absolute Gasteiger partial charge is 0.316 e. The molecule has 4 N–H and O–H groups in total. The minimum atomic E-state index is -0.654. The molecule has 33 heavy (non-hydrogen) atoms. The number of primary amides is 1. The minimum Gasteiger partial charge on any atom is -0.497 e. The number of methoxy groups -OCH3 is 1. The van der Waals surface area contributed by atoms with Gasteiger partial charge in [-0.2, -0.15) is 5.10 Å². The molecule has 3 amide bonds. The van der Waals surface area contributed by atoms with Crippen LogP contribution in [-0.2, 0) is 0 Å². The Morgan fingerprint density at radius 3 is 2.24 bits per heavy atom. The van der Waals surface area contributed by atoms with E-state index in [0.29, 0.717) is 28.4 Å². The van der Waals surface area contributed by atoms with Crippen LogP contribution in [0.4, 0.5) is 16.2 Å². The quantitative estimate of drug-likeness (QED) is 0.406. The average molecular weight is 441 g/mol. The van der Waals surface area contributed by atoms with Gasteiger partial charge in [-0.25, -0.2) is 9.48 Å². The lowest BCUT2D eigenvalue weighted by molar-refractivity contribution is 0.102. The first-order valence-electron chi connectivity index (χ1n) is 10.2. The summed E-state index contributed by atoms with van der Waals surface area (Å²) in [5, 5.41) is 10.1. The number of rotatable bonds is 6. The van der Waals surface area contributed by atoms with Crippen LogP contribution in [0.25, 0.3) is 16.9 Å². The zero-order valence-electron chi connectivity index (χ0n) is 18.2. The van der Waals surface area contributed by atoms with Crippen LogP contribution < -0.4 is 21.1 Å². The van der Waals surface area contributed by atoms with Crippen molar-refractivity contribution >= 4 is 23.3 Å². The molecule has 1 heterocycles. The predicted molar refractivity (Wildman–Crippen MR) is 128 cm³/mol. The second-order valence-electron chi connectivity index (χ2n) is 7.42. The number of urea groups is 1. The highest BCUT2D eigenvalue weighted by Gasteiger charge is 2.19. The molecule has 4 aromatic rings. The van der Waals surface area contributed by atoms with E-state index >= 15 is 0 Å². The van der Waals surface area contributed by atoms with Gasteiger partial charge in [0.05, 0.1) is 18.4 Å². The molecule has 0 aliphatic heterocycles. The molecule has 0 aliphatic carbocycles. The first-order valence-corrected chi connectivity index (χ1v) is 10.2. The van der Waals surface area contributed by atoms with E-state index in [1.807, 2.05) is 55.5 Å². The van der Waals surface area contributed by atoms with Gasteiger partial charge in [0.15, 0.2) is 0 Å². The zero-order valence-corrected chi connectivity index (χ0v) is 18.2. The highest BCUT2D eigenvalue weighted by atomic mass is 16.5. The Bertz CT molecular complexity index is 1290. The average Bonchev–Trinajstić information content (AvgIpc) is 3.26. The van der Waals surface area contributed by atoms with Crippen LogP contribution in [0.2, 0.25) is 0 Å². The lowest BCUT2D eigenvalue weighted by Crippen LogP contribution is -2.19. The van der Waals surface area contributed by atoms with Crippen LogP contribution in [0.3, 0.4) is 0 Å². The lowest BCUT2D eigenvalue weighted by Gasteiger charge is -2.08. The maximum atomic E-state index is 13.2. The molecule has 8 nitrogen and oxygen atoms in total. The molecule has 0 aliphatic rings. The first-order chi connectivity index (χ1) is 15.9. The molecule has 0 fully saturated rings. The number of aromatic nitrogens is 2. The van der Waals surface area contributed by atoms with Gasteiger partial charge in [0.1, 0.15) is 11.4 Å². The maximum Gasteiger partial charge on any atom is 0.316 e. The molecule has 0 unspecified atom stereocenters. The van der Waals surface area contributed by atoms with Crippen LogP contribution in [-0.4, -0.2) is 28.8 Å². The number of nitrogens with zero attached hydrogens (tertiary/aromatic N) is 2. The standard InChI is InChI=1S/C25H23N5O3/c1-16-6-12-20(13-7-16)30-15-22(23(29-30)17-4-3-5-21(14-17)33-2)24(31)27-18-8-10-19(11-9-18)28-25(26)32/h3-15H,1-2H3,(H,27,31)(H3,26,28,32). The van der Waals surface area contributed by atoms with Gasteiger partial charge in [-0.05, 0) is 55.5 Å². The van der Waals surface area contributed by atoms with E-state index in [1.165, 1.54) is 0 Å². The Balaban J connectivity index is 1.69. The monoisotopic (exact) mass is 441 g/mol. The van der Waals surface area contributed by atoms with Crippen molar-refractivity contribution in [1.29, 1.82) is 0 Å². The van der Waals surface area contributed by atoms with Crippen LogP contribution in [0.1, 0.15) is 15.9 Å². The molecule has 0 radical (unpaired) electrons. The minimum absolute atomic E-state index is 0.318. The van der Waals surface area contributed by atoms with E-state index < -0.39 is 6.03 Å². The molecular formula is C25H23N5O3. The van der Waals surface area contributed by atoms with E-state index in [0.717, 1.165) is 16.8 Å². The molecule has 0 bridgehead atoms. The second-order valence-corrected chi connectivity index (χ2v) is 7.42. The molecule has 0 saturated heterocycles. The van der Waals surface area contributed by atoms with Crippen LogP contribution in [0, 0.1) is 6.92 Å². The molecule has 0 atom stereocenters. The highest BCUT2D eigenvalue weighted by Crippen LogP contribution is 2.28. The number of carbonyl (C=O) groups excluding carboxylic acids is 2. The molecular weight excluding hydrogens is 418 g/mol. The Kier molecular flexibility index (Phi) is 6.08. The van der Waals surface area contributed by atoms with E-state index in [2.05, 4.69) is 10.6 Å². The fraction of sp³-hybridized carbons (Fsp3) is 0.0800. The Morgan fingerprint density at radius 1 is 0.939 bits per heavy atom. The van der Waals surface area contributed by atoms with Crippen LogP contribution in [0.15, 0.2) is 79.0 Å². The second kappa shape index (κ2) is 9.27. The molecule has 3 aromatic carbocycles. The van der Waals surface area contributed by atoms with E-state index in [1.54, 1.807) is 42.3 Å². The number of ether oxygens (including phenoxy) is 1. The van der Waals surface area contributed by atoms with Crippen molar-refractivity contribution in [1.82, 2.24) is 9.78 Å². The Morgan fingerprint density at radius 2 is 1.61 bits per heavy atom. The van der Waals surface area contributed by atoms with Gasteiger partial charge < -0.3 is 21.1 Å². The van der Waals surface area contributed by atoms with Gasteiger partial charge >= 0.3 is 6.03 Å². The molecule has 0 saturated carbocycles. The van der Waals surface area contributed by atoms with Gasteiger partial charge in [0.25, 0.3) is 5.91 Å². The van der Waals surface area contributed by atoms with Crippen molar-refractivity contribution in [3.8, 4) is 22.7 Å². The van der Waals surface area contributed by atoms with E-state index in [4.69, 9.17) is 15.6 Å². The first kappa shape index (κ1) is 21.6. The Labute approximate surface area is 191 Å². The SMILES string of the molecule is COc1cccc(-c2nn(-c3ccc(C)cc3)cc2C(=O)Nc2ccc(NC(N)=O)cc2)c1. The van der Waals surface area contributed by atoms with Crippen molar-refractivity contribution in [2.24, 2.45) is 5.73 Å². The number of nitrogens with one attached hydrogen (secondary N) is 2. The summed E-state index contributed by atoms with van der Waals surface area (Å²) < 4.78 is 7.03. The van der Waals surface area contributed by atoms with E-state index in [9.17, 15) is 9.59 Å². The molecule has 166 valence electrons. The largest absolute Gasteiger partial charge is 0.497 e. The summed E-state index contributed by atoms with van der Waals surface area (Å²) in [6, 6.07) is 21.3. The topological polar surface area (TPSA) is 111 Å². The summed E-state index contributed by atoms with van der Waals surface area (Å²) in [4.78, 5) is 24.2. The van der Waals surface area contributed by atoms with Gasteiger partial charge in [-0.1, -0.05) is 29.8 Å². The number of carbonyl (C=O) groups is 2. The van der Waals surface area contributed by atoms with Gasteiger partial charge in [-0.3, -0.25) is 4.79 Å². The van der Waals surface area contributed by atoms with E-state index in [-0.39, 0.29) is 5.91 Å². The molecule has 8 heteroatoms. The summed E-state index contributed by atoms with van der Waals surface area (Å²) in [6.45, 7) is 2.01. The normalized spacial score (nSPS) is 10.5. The number of hydrogen-bond acceptors (Lipinski definition) is 4. The summed E-state index contributed by atoms with van der Waals surface area (Å²) in [7, 11) is 1.59. The summed E-state index contributed by atoms with van der Waals surface area (Å²) in [5.41, 5.74) is 9.89. The van der Waals surface area contributed by atoms with Crippen LogP contribution >= 0.6 is 0 Å². The van der Waals surface area contributed by atoms with Gasteiger partial charge in [-0.15, -0.1) is 0 Å². The number of amides is 3. The summed E-state index contributed by atoms with van der Waals surface area (Å²) >= 11 is 0. The number of nitrogens with two attached hydrogens (primary N) is 1. The zero-order chi connectivity index (χ0) is 23.4. The molecule has 1 aromatic heterocycles. The third-order valence-corrected chi connectivity index (χ3v) is 5.01. The predicted octanol–water partition coefficient (Wildman–Crippen LogP) is 4.60. The third kappa shape index (κ3) is 5.01.